The summed E-state index contributed by atoms with van der Waals surface area (Å²) in [5.41, 5.74) is -0.797. The van der Waals surface area contributed by atoms with Gasteiger partial charge < -0.3 is 9.84 Å². The van der Waals surface area contributed by atoms with Crippen molar-refractivity contribution in [2.75, 3.05) is 0 Å². The second-order valence-corrected chi connectivity index (χ2v) is 5.13. The highest BCUT2D eigenvalue weighted by Gasteiger charge is 2.29. The van der Waals surface area contributed by atoms with Crippen LogP contribution >= 0.6 is 0 Å². The average molecular weight is 279 g/mol. The highest BCUT2D eigenvalue weighted by atomic mass is 16.6. The molecule has 1 aliphatic rings. The molecular formula is C14H17NO5. The molecule has 108 valence electrons. The maximum absolute atomic E-state index is 11.1. The van der Waals surface area contributed by atoms with Gasteiger partial charge in [0.25, 0.3) is 0 Å². The molecule has 0 bridgehead atoms. The Kier molecular flexibility index (Phi) is 4.22. The Hall–Kier alpha value is -2.11. The Labute approximate surface area is 116 Å². The van der Waals surface area contributed by atoms with Crippen LogP contribution in [0.25, 0.3) is 0 Å². The van der Waals surface area contributed by atoms with Crippen molar-refractivity contribution < 1.29 is 19.6 Å². The number of benzene rings is 1. The standard InChI is InChI=1S/C14H17NO5/c1-9-5-2-3-7-11(9)20-12-8-4-6-10(14(16)17)13(12)15(18)19/h4,6,8-9,11H,2-3,5,7H2,1H3,(H,16,17). The zero-order chi connectivity index (χ0) is 14.7. The van der Waals surface area contributed by atoms with E-state index in [-0.39, 0.29) is 17.4 Å². The molecule has 6 nitrogen and oxygen atoms in total. The molecule has 1 saturated carbocycles. The van der Waals surface area contributed by atoms with E-state index in [9.17, 15) is 14.9 Å². The van der Waals surface area contributed by atoms with Crippen molar-refractivity contribution in [2.45, 2.75) is 38.7 Å². The van der Waals surface area contributed by atoms with E-state index >= 15 is 0 Å². The summed E-state index contributed by atoms with van der Waals surface area (Å²) in [5, 5.41) is 20.2. The van der Waals surface area contributed by atoms with Gasteiger partial charge in [-0.2, -0.15) is 0 Å². The van der Waals surface area contributed by atoms with Gasteiger partial charge in [-0.15, -0.1) is 0 Å². The Bertz CT molecular complexity index is 528. The number of ether oxygens (including phenoxy) is 1. The minimum Gasteiger partial charge on any atom is -0.483 e. The molecule has 0 aliphatic heterocycles. The molecular weight excluding hydrogens is 262 g/mol. The molecule has 2 rings (SSSR count). The minimum atomic E-state index is -1.32. The molecule has 1 N–H and O–H groups in total. The number of aromatic carboxylic acids is 1. The predicted octanol–water partition coefficient (Wildman–Crippen LogP) is 3.25. The molecule has 0 heterocycles. The van der Waals surface area contributed by atoms with Gasteiger partial charge in [0.15, 0.2) is 5.75 Å². The molecule has 0 amide bonds. The summed E-state index contributed by atoms with van der Waals surface area (Å²) in [6, 6.07) is 4.16. The topological polar surface area (TPSA) is 89.7 Å². The molecule has 1 aliphatic carbocycles. The molecule has 1 aromatic carbocycles. The van der Waals surface area contributed by atoms with Gasteiger partial charge in [-0.1, -0.05) is 19.4 Å². The van der Waals surface area contributed by atoms with Gasteiger partial charge in [-0.3, -0.25) is 10.1 Å². The first-order chi connectivity index (χ1) is 9.50. The molecule has 20 heavy (non-hydrogen) atoms. The fraction of sp³-hybridized carbons (Fsp3) is 0.500. The van der Waals surface area contributed by atoms with E-state index < -0.39 is 16.6 Å². The van der Waals surface area contributed by atoms with Crippen molar-refractivity contribution in [2.24, 2.45) is 5.92 Å². The van der Waals surface area contributed by atoms with Gasteiger partial charge in [0, 0.05) is 0 Å². The second kappa shape index (κ2) is 5.90. The van der Waals surface area contributed by atoms with E-state index in [1.165, 1.54) is 18.2 Å². The summed E-state index contributed by atoms with van der Waals surface area (Å²) in [5.74, 6) is -0.954. The quantitative estimate of drug-likeness (QED) is 0.675. The van der Waals surface area contributed by atoms with Crippen molar-refractivity contribution in [1.29, 1.82) is 0 Å². The highest BCUT2D eigenvalue weighted by molar-refractivity contribution is 5.93. The number of hydrogen-bond donors (Lipinski definition) is 1. The zero-order valence-corrected chi connectivity index (χ0v) is 11.2. The normalized spacial score (nSPS) is 22.2. The summed E-state index contributed by atoms with van der Waals surface area (Å²) in [6.45, 7) is 2.05. The van der Waals surface area contributed by atoms with E-state index in [0.717, 1.165) is 25.7 Å². The Morgan fingerprint density at radius 2 is 2.10 bits per heavy atom. The molecule has 1 fully saturated rings. The lowest BCUT2D eigenvalue weighted by molar-refractivity contribution is -0.386. The SMILES string of the molecule is CC1CCCCC1Oc1cccc(C(=O)O)c1[N+](=O)[O-]. The van der Waals surface area contributed by atoms with Crippen molar-refractivity contribution in [3.8, 4) is 5.75 Å². The third kappa shape index (κ3) is 2.89. The lowest BCUT2D eigenvalue weighted by atomic mass is 9.88. The first-order valence-electron chi connectivity index (χ1n) is 6.68. The second-order valence-electron chi connectivity index (χ2n) is 5.13. The van der Waals surface area contributed by atoms with Crippen LogP contribution < -0.4 is 4.74 Å². The highest BCUT2D eigenvalue weighted by Crippen LogP contribution is 2.35. The summed E-state index contributed by atoms with van der Waals surface area (Å²) in [6.07, 6.45) is 3.94. The van der Waals surface area contributed by atoms with E-state index in [4.69, 9.17) is 9.84 Å². The van der Waals surface area contributed by atoms with Crippen LogP contribution in [0.5, 0.6) is 5.75 Å². The first-order valence-corrected chi connectivity index (χ1v) is 6.68. The van der Waals surface area contributed by atoms with Crippen molar-refractivity contribution in [1.82, 2.24) is 0 Å². The number of carboxylic acids is 1. The van der Waals surface area contributed by atoms with Crippen LogP contribution in [0.4, 0.5) is 5.69 Å². The summed E-state index contributed by atoms with van der Waals surface area (Å²) < 4.78 is 5.75. The lowest BCUT2D eigenvalue weighted by Crippen LogP contribution is -2.28. The van der Waals surface area contributed by atoms with Crippen molar-refractivity contribution >= 4 is 11.7 Å². The number of carboxylic acid groups (broad SMARTS) is 1. The van der Waals surface area contributed by atoms with Crippen LogP contribution in [-0.4, -0.2) is 22.1 Å². The average Bonchev–Trinajstić information content (AvgIpc) is 2.40. The molecule has 2 atom stereocenters. The van der Waals surface area contributed by atoms with Crippen LogP contribution in [0.3, 0.4) is 0 Å². The Balaban J connectivity index is 2.33. The van der Waals surface area contributed by atoms with E-state index in [0.29, 0.717) is 5.92 Å². The smallest absolute Gasteiger partial charge is 0.342 e. The van der Waals surface area contributed by atoms with Crippen LogP contribution in [0.2, 0.25) is 0 Å². The Morgan fingerprint density at radius 3 is 2.70 bits per heavy atom. The van der Waals surface area contributed by atoms with Gasteiger partial charge >= 0.3 is 11.7 Å². The molecule has 0 radical (unpaired) electrons. The first kappa shape index (κ1) is 14.3. The molecule has 0 saturated heterocycles. The molecule has 2 unspecified atom stereocenters. The number of nitrogens with zero attached hydrogens (tertiary/aromatic N) is 1. The van der Waals surface area contributed by atoms with Gasteiger partial charge in [-0.05, 0) is 37.3 Å². The fourth-order valence-corrected chi connectivity index (χ4v) is 2.60. The third-order valence-corrected chi connectivity index (χ3v) is 3.72. The predicted molar refractivity (Wildman–Crippen MR) is 72.1 cm³/mol. The van der Waals surface area contributed by atoms with Gasteiger partial charge in [0.05, 0.1) is 4.92 Å². The minimum absolute atomic E-state index is 0.0497. The number of para-hydroxylation sites is 1. The summed E-state index contributed by atoms with van der Waals surface area (Å²) in [7, 11) is 0. The number of nitro groups is 1. The Morgan fingerprint density at radius 1 is 1.40 bits per heavy atom. The van der Waals surface area contributed by atoms with Crippen molar-refractivity contribution in [3.05, 3.63) is 33.9 Å². The van der Waals surface area contributed by atoms with Gasteiger partial charge in [-0.25, -0.2) is 4.79 Å². The maximum Gasteiger partial charge on any atom is 0.342 e. The van der Waals surface area contributed by atoms with Gasteiger partial charge in [0.2, 0.25) is 0 Å². The van der Waals surface area contributed by atoms with E-state index in [2.05, 4.69) is 6.92 Å². The number of hydrogen-bond acceptors (Lipinski definition) is 4. The maximum atomic E-state index is 11.1. The van der Waals surface area contributed by atoms with Crippen LogP contribution in [0.1, 0.15) is 43.0 Å². The third-order valence-electron chi connectivity index (χ3n) is 3.72. The summed E-state index contributed by atoms with van der Waals surface area (Å²) in [4.78, 5) is 21.5. The fourth-order valence-electron chi connectivity index (χ4n) is 2.60. The van der Waals surface area contributed by atoms with Crippen LogP contribution in [0.15, 0.2) is 18.2 Å². The van der Waals surface area contributed by atoms with Crippen LogP contribution in [-0.2, 0) is 0 Å². The summed E-state index contributed by atoms with van der Waals surface area (Å²) >= 11 is 0. The number of carbonyl (C=O) groups is 1. The van der Waals surface area contributed by atoms with Gasteiger partial charge in [0.1, 0.15) is 11.7 Å². The molecule has 6 heteroatoms. The molecule has 0 spiro atoms. The number of rotatable bonds is 4. The lowest BCUT2D eigenvalue weighted by Gasteiger charge is -2.29. The van der Waals surface area contributed by atoms with Crippen molar-refractivity contribution in [3.63, 3.8) is 0 Å². The van der Waals surface area contributed by atoms with E-state index in [1.54, 1.807) is 0 Å². The largest absolute Gasteiger partial charge is 0.483 e. The zero-order valence-electron chi connectivity index (χ0n) is 11.2. The van der Waals surface area contributed by atoms with E-state index in [1.807, 2.05) is 0 Å². The monoisotopic (exact) mass is 279 g/mol. The molecule has 0 aromatic heterocycles. The number of nitro benzene ring substituents is 1. The van der Waals surface area contributed by atoms with Crippen LogP contribution in [0, 0.1) is 16.0 Å². The molecule has 1 aromatic rings.